The predicted molar refractivity (Wildman–Crippen MR) is 122 cm³/mol. The molecule has 0 aliphatic rings. The lowest BCUT2D eigenvalue weighted by atomic mass is 9.84. The van der Waals surface area contributed by atoms with Crippen molar-refractivity contribution in [1.82, 2.24) is 10.6 Å². The Morgan fingerprint density at radius 3 is 1.79 bits per heavy atom. The second-order valence-corrected chi connectivity index (χ2v) is 7.71. The molecule has 6 nitrogen and oxygen atoms in total. The molecule has 0 saturated heterocycles. The van der Waals surface area contributed by atoms with E-state index in [-0.39, 0.29) is 6.42 Å². The molecule has 0 spiro atoms. The number of carbonyl (C=O) groups excluding carboxylic acids is 2. The molecular formula is C26H25FN2O4. The summed E-state index contributed by atoms with van der Waals surface area (Å²) in [7, 11) is 0. The molecular weight excluding hydrogens is 423 g/mol. The zero-order valence-electron chi connectivity index (χ0n) is 18.1. The predicted octanol–water partition coefficient (Wildman–Crippen LogP) is 3.27. The topological polar surface area (TPSA) is 95.5 Å². The first-order valence-electron chi connectivity index (χ1n) is 10.5. The summed E-state index contributed by atoms with van der Waals surface area (Å²) < 4.78 is 13.3. The normalized spacial score (nSPS) is 12.6. The summed E-state index contributed by atoms with van der Waals surface area (Å²) in [5.41, 5.74) is 2.08. The highest BCUT2D eigenvalue weighted by atomic mass is 19.1. The van der Waals surface area contributed by atoms with Crippen LogP contribution in [0, 0.1) is 5.82 Å². The summed E-state index contributed by atoms with van der Waals surface area (Å²) in [6.07, 6.45) is 0.0827. The summed E-state index contributed by atoms with van der Waals surface area (Å²) in [6, 6.07) is 21.4. The van der Waals surface area contributed by atoms with E-state index in [9.17, 15) is 23.9 Å². The molecule has 0 aromatic heterocycles. The zero-order valence-corrected chi connectivity index (χ0v) is 18.1. The second kappa shape index (κ2) is 11.0. The van der Waals surface area contributed by atoms with E-state index in [4.69, 9.17) is 0 Å². The van der Waals surface area contributed by atoms with Crippen molar-refractivity contribution in [2.24, 2.45) is 0 Å². The van der Waals surface area contributed by atoms with Crippen LogP contribution in [0.1, 0.15) is 29.5 Å². The largest absolute Gasteiger partial charge is 0.480 e. The van der Waals surface area contributed by atoms with E-state index in [1.807, 2.05) is 36.4 Å². The minimum Gasteiger partial charge on any atom is -0.480 e. The molecule has 170 valence electrons. The van der Waals surface area contributed by atoms with Crippen molar-refractivity contribution in [2.45, 2.75) is 31.3 Å². The summed E-state index contributed by atoms with van der Waals surface area (Å²) in [6.45, 7) is 1.27. The Balaban J connectivity index is 1.91. The number of carboxylic acids is 1. The van der Waals surface area contributed by atoms with E-state index in [0.717, 1.165) is 11.1 Å². The van der Waals surface area contributed by atoms with Gasteiger partial charge in [-0.2, -0.15) is 0 Å². The molecule has 33 heavy (non-hydrogen) atoms. The lowest BCUT2D eigenvalue weighted by Gasteiger charge is -2.28. The maximum atomic E-state index is 13.3. The number of benzene rings is 3. The van der Waals surface area contributed by atoms with Crippen molar-refractivity contribution in [3.63, 3.8) is 0 Å². The van der Waals surface area contributed by atoms with Gasteiger partial charge in [0.2, 0.25) is 11.8 Å². The van der Waals surface area contributed by atoms with Crippen molar-refractivity contribution in [3.8, 4) is 0 Å². The highest BCUT2D eigenvalue weighted by Crippen LogP contribution is 2.28. The molecule has 3 rings (SSSR count). The summed E-state index contributed by atoms with van der Waals surface area (Å²) in [4.78, 5) is 37.2. The number of halogens is 1. The highest BCUT2D eigenvalue weighted by molar-refractivity contribution is 5.90. The minimum atomic E-state index is -1.29. The van der Waals surface area contributed by atoms with E-state index in [0.29, 0.717) is 5.56 Å². The molecule has 0 radical (unpaired) electrons. The van der Waals surface area contributed by atoms with Gasteiger partial charge in [-0.15, -0.1) is 0 Å². The van der Waals surface area contributed by atoms with E-state index in [2.05, 4.69) is 10.6 Å². The first-order chi connectivity index (χ1) is 15.8. The van der Waals surface area contributed by atoms with Gasteiger partial charge in [0.15, 0.2) is 0 Å². The maximum Gasteiger partial charge on any atom is 0.327 e. The fraction of sp³-hybridized carbons (Fsp3) is 0.192. The van der Waals surface area contributed by atoms with Gasteiger partial charge in [-0.1, -0.05) is 72.8 Å². The van der Waals surface area contributed by atoms with Crippen molar-refractivity contribution < 1.29 is 23.9 Å². The molecule has 0 saturated carbocycles. The first kappa shape index (κ1) is 23.7. The van der Waals surface area contributed by atoms with Crippen LogP contribution in [-0.4, -0.2) is 35.0 Å². The lowest BCUT2D eigenvalue weighted by Crippen LogP contribution is -2.54. The van der Waals surface area contributed by atoms with Gasteiger partial charge in [-0.05, 0) is 28.8 Å². The fourth-order valence-electron chi connectivity index (χ4n) is 3.75. The van der Waals surface area contributed by atoms with E-state index in [1.165, 1.54) is 31.2 Å². The van der Waals surface area contributed by atoms with Crippen molar-refractivity contribution in [1.29, 1.82) is 0 Å². The number of rotatable bonds is 9. The molecule has 0 fully saturated rings. The minimum absolute atomic E-state index is 0.0827. The van der Waals surface area contributed by atoms with E-state index in [1.54, 1.807) is 24.3 Å². The summed E-state index contributed by atoms with van der Waals surface area (Å²) in [5.74, 6) is -3.36. The van der Waals surface area contributed by atoms with E-state index < -0.39 is 41.6 Å². The molecule has 0 bridgehead atoms. The molecule has 3 aromatic rings. The highest BCUT2D eigenvalue weighted by Gasteiger charge is 2.34. The second-order valence-electron chi connectivity index (χ2n) is 7.71. The average Bonchev–Trinajstić information content (AvgIpc) is 2.80. The van der Waals surface area contributed by atoms with Crippen LogP contribution in [0.4, 0.5) is 4.39 Å². The number of amides is 2. The third kappa shape index (κ3) is 6.49. The smallest absolute Gasteiger partial charge is 0.327 e. The van der Waals surface area contributed by atoms with Crippen LogP contribution >= 0.6 is 0 Å². The fourth-order valence-corrected chi connectivity index (χ4v) is 3.75. The van der Waals surface area contributed by atoms with E-state index >= 15 is 0 Å². The number of carbonyl (C=O) groups is 3. The van der Waals surface area contributed by atoms with Crippen molar-refractivity contribution in [3.05, 3.63) is 107 Å². The molecule has 0 unspecified atom stereocenters. The SMILES string of the molecule is CC(=O)N[C@@H](Cc1ccc(F)cc1)C(=O)N[C@H](C(=O)O)C(c1ccccc1)c1ccccc1. The van der Waals surface area contributed by atoms with Crippen LogP contribution in [-0.2, 0) is 20.8 Å². The number of aliphatic carboxylic acids is 1. The third-order valence-electron chi connectivity index (χ3n) is 5.26. The van der Waals surface area contributed by atoms with Crippen LogP contribution < -0.4 is 10.6 Å². The number of nitrogens with one attached hydrogen (secondary N) is 2. The van der Waals surface area contributed by atoms with Gasteiger partial charge in [0, 0.05) is 19.3 Å². The molecule has 2 atom stereocenters. The van der Waals surface area contributed by atoms with Crippen LogP contribution in [0.2, 0.25) is 0 Å². The molecule has 0 aliphatic heterocycles. The summed E-state index contributed by atoms with van der Waals surface area (Å²) >= 11 is 0. The van der Waals surface area contributed by atoms with Crippen LogP contribution in [0.5, 0.6) is 0 Å². The van der Waals surface area contributed by atoms with Crippen molar-refractivity contribution in [2.75, 3.05) is 0 Å². The number of carboxylic acid groups (broad SMARTS) is 1. The Hall–Kier alpha value is -4.00. The van der Waals surface area contributed by atoms with Gasteiger partial charge in [-0.25, -0.2) is 9.18 Å². The average molecular weight is 448 g/mol. The van der Waals surface area contributed by atoms with Gasteiger partial charge >= 0.3 is 5.97 Å². The quantitative estimate of drug-likeness (QED) is 0.468. The van der Waals surface area contributed by atoms with Crippen LogP contribution in [0.25, 0.3) is 0 Å². The summed E-state index contributed by atoms with van der Waals surface area (Å²) in [5, 5.41) is 15.2. The van der Waals surface area contributed by atoms with Crippen molar-refractivity contribution >= 4 is 17.8 Å². The van der Waals surface area contributed by atoms with Gasteiger partial charge in [0.25, 0.3) is 0 Å². The van der Waals surface area contributed by atoms with Crippen LogP contribution in [0.3, 0.4) is 0 Å². The Morgan fingerprint density at radius 2 is 1.33 bits per heavy atom. The Labute approximate surface area is 191 Å². The molecule has 2 amide bonds. The van der Waals surface area contributed by atoms with Crippen LogP contribution in [0.15, 0.2) is 84.9 Å². The number of hydrogen-bond donors (Lipinski definition) is 3. The molecule has 3 N–H and O–H groups in total. The Kier molecular flexibility index (Phi) is 7.91. The molecule has 0 heterocycles. The lowest BCUT2D eigenvalue weighted by molar-refractivity contribution is -0.142. The molecule has 0 aliphatic carbocycles. The Morgan fingerprint density at radius 1 is 0.818 bits per heavy atom. The monoisotopic (exact) mass is 448 g/mol. The molecule has 3 aromatic carbocycles. The first-order valence-corrected chi connectivity index (χ1v) is 10.5. The number of hydrogen-bond acceptors (Lipinski definition) is 3. The standard InChI is InChI=1S/C26H25FN2O4/c1-17(30)28-22(16-18-12-14-21(27)15-13-18)25(31)29-24(26(32)33)23(19-8-4-2-5-9-19)20-10-6-3-7-11-20/h2-15,22-24H,16H2,1H3,(H,28,30)(H,29,31)(H,32,33)/t22-,24-/m0/s1. The maximum absolute atomic E-state index is 13.3. The Bertz CT molecular complexity index is 1050. The van der Waals surface area contributed by atoms with Gasteiger partial charge < -0.3 is 15.7 Å². The van der Waals surface area contributed by atoms with Gasteiger partial charge in [0.05, 0.1) is 0 Å². The molecule has 7 heteroatoms. The van der Waals surface area contributed by atoms with Gasteiger partial charge in [0.1, 0.15) is 17.9 Å². The zero-order chi connectivity index (χ0) is 23.8. The third-order valence-corrected chi connectivity index (χ3v) is 5.26. The van der Waals surface area contributed by atoms with Gasteiger partial charge in [-0.3, -0.25) is 9.59 Å².